The van der Waals surface area contributed by atoms with Crippen molar-refractivity contribution >= 4 is 41.5 Å². The fourth-order valence-electron chi connectivity index (χ4n) is 3.84. The molecule has 2 aliphatic heterocycles. The number of halogens is 2. The minimum Gasteiger partial charge on any atom is -0.354 e. The fraction of sp³-hybridized carbons (Fsp3) is 0.562. The van der Waals surface area contributed by atoms with Gasteiger partial charge >= 0.3 is 0 Å². The van der Waals surface area contributed by atoms with Crippen LogP contribution in [0.3, 0.4) is 0 Å². The van der Waals surface area contributed by atoms with Gasteiger partial charge in [-0.15, -0.1) is 12.4 Å². The van der Waals surface area contributed by atoms with Crippen molar-refractivity contribution in [2.24, 2.45) is 17.9 Å². The van der Waals surface area contributed by atoms with Gasteiger partial charge in [0.1, 0.15) is 5.02 Å². The molecule has 2 fully saturated rings. The average molecular weight is 384 g/mol. The number of rotatable bonds is 3. The first kappa shape index (κ1) is 18.2. The van der Waals surface area contributed by atoms with Gasteiger partial charge in [-0.05, 0) is 0 Å². The van der Waals surface area contributed by atoms with E-state index in [0.717, 1.165) is 37.7 Å². The Hall–Kier alpha value is -1.57. The van der Waals surface area contributed by atoms with Crippen LogP contribution in [0.4, 0.5) is 17.5 Å². The third kappa shape index (κ3) is 3.05. The Labute approximate surface area is 158 Å². The van der Waals surface area contributed by atoms with Crippen molar-refractivity contribution in [1.29, 1.82) is 0 Å². The highest BCUT2D eigenvalue weighted by Gasteiger charge is 2.55. The number of aromatic nitrogens is 4. The molecule has 0 aliphatic carbocycles. The Morgan fingerprint density at radius 2 is 1.88 bits per heavy atom. The van der Waals surface area contributed by atoms with E-state index in [-0.39, 0.29) is 23.2 Å². The van der Waals surface area contributed by atoms with E-state index in [1.807, 2.05) is 13.2 Å². The van der Waals surface area contributed by atoms with Gasteiger partial charge in [0.25, 0.3) is 0 Å². The molecule has 0 bridgehead atoms. The topological polar surface area (TPSA) is 70.9 Å². The van der Waals surface area contributed by atoms with E-state index >= 15 is 0 Å². The van der Waals surface area contributed by atoms with E-state index < -0.39 is 0 Å². The quantitative estimate of drug-likeness (QED) is 0.847. The van der Waals surface area contributed by atoms with Gasteiger partial charge in [-0.1, -0.05) is 25.4 Å². The van der Waals surface area contributed by atoms with Crippen molar-refractivity contribution in [3.63, 3.8) is 0 Å². The molecule has 0 spiro atoms. The maximum atomic E-state index is 6.40. The Bertz CT molecular complexity index is 762. The second kappa shape index (κ2) is 6.30. The van der Waals surface area contributed by atoms with E-state index in [9.17, 15) is 0 Å². The first-order chi connectivity index (χ1) is 11.4. The molecule has 4 rings (SSSR count). The molecular formula is C16H23Cl2N7. The highest BCUT2D eigenvalue weighted by atomic mass is 35.5. The molecule has 2 saturated heterocycles. The van der Waals surface area contributed by atoms with Crippen molar-refractivity contribution in [2.45, 2.75) is 13.8 Å². The third-order valence-electron chi connectivity index (χ3n) is 5.55. The van der Waals surface area contributed by atoms with Gasteiger partial charge in [0.2, 0.25) is 5.95 Å². The molecule has 2 aromatic heterocycles. The first-order valence-electron chi connectivity index (χ1n) is 8.13. The van der Waals surface area contributed by atoms with Crippen LogP contribution in [0.5, 0.6) is 0 Å². The van der Waals surface area contributed by atoms with Crippen LogP contribution in [0.1, 0.15) is 13.8 Å². The number of hydrogen-bond donors (Lipinski definition) is 2. The highest BCUT2D eigenvalue weighted by Crippen LogP contribution is 2.50. The molecule has 25 heavy (non-hydrogen) atoms. The Morgan fingerprint density at radius 1 is 1.20 bits per heavy atom. The van der Waals surface area contributed by atoms with E-state index in [1.165, 1.54) is 0 Å². The molecule has 0 radical (unpaired) electrons. The third-order valence-corrected chi connectivity index (χ3v) is 5.82. The predicted molar refractivity (Wildman–Crippen MR) is 102 cm³/mol. The summed E-state index contributed by atoms with van der Waals surface area (Å²) >= 11 is 6.40. The summed E-state index contributed by atoms with van der Waals surface area (Å²) in [5, 5.41) is 11.4. The average Bonchev–Trinajstić information content (AvgIpc) is 3.11. The summed E-state index contributed by atoms with van der Waals surface area (Å²) in [7, 11) is 1.87. The zero-order valence-corrected chi connectivity index (χ0v) is 16.2. The number of nitrogens with one attached hydrogen (secondary N) is 2. The SMILES string of the molecule is Cl.Cn1cc(Nc2ncc(Cl)c(N3C[C@]4(C)CNC[C@]4(C)C3)n2)cn1. The van der Waals surface area contributed by atoms with E-state index in [2.05, 4.69) is 44.4 Å². The van der Waals surface area contributed by atoms with Gasteiger partial charge in [0.05, 0.1) is 18.1 Å². The minimum absolute atomic E-state index is 0. The molecule has 2 N–H and O–H groups in total. The first-order valence-corrected chi connectivity index (χ1v) is 8.50. The standard InChI is InChI=1S/C16H22ClN7.ClH/c1-15-7-18-8-16(15,2)10-24(9-15)13-12(17)5-19-14(22-13)21-11-4-20-23(3)6-11;/h4-6,18H,7-10H2,1-3H3,(H,19,21,22);1H/t15-,16+;. The molecule has 0 unspecified atom stereocenters. The van der Waals surface area contributed by atoms with Crippen LogP contribution in [-0.4, -0.2) is 45.9 Å². The monoisotopic (exact) mass is 383 g/mol. The maximum absolute atomic E-state index is 6.40. The lowest BCUT2D eigenvalue weighted by molar-refractivity contribution is 0.212. The molecule has 4 heterocycles. The summed E-state index contributed by atoms with van der Waals surface area (Å²) in [5.41, 5.74) is 1.32. The number of aryl methyl sites for hydroxylation is 1. The number of anilines is 3. The molecule has 0 amide bonds. The minimum atomic E-state index is 0. The Balaban J connectivity index is 0.00000182. The van der Waals surface area contributed by atoms with Crippen molar-refractivity contribution in [3.8, 4) is 0 Å². The lowest BCUT2D eigenvalue weighted by Crippen LogP contribution is -2.34. The summed E-state index contributed by atoms with van der Waals surface area (Å²) in [6.07, 6.45) is 5.29. The van der Waals surface area contributed by atoms with Gasteiger partial charge in [-0.2, -0.15) is 10.1 Å². The van der Waals surface area contributed by atoms with Gasteiger partial charge in [-0.3, -0.25) is 4.68 Å². The van der Waals surface area contributed by atoms with Crippen LogP contribution in [0.2, 0.25) is 5.02 Å². The molecule has 7 nitrogen and oxygen atoms in total. The normalized spacial score (nSPS) is 27.9. The fourth-order valence-corrected chi connectivity index (χ4v) is 4.05. The molecule has 2 atom stereocenters. The lowest BCUT2D eigenvalue weighted by atomic mass is 9.71. The van der Waals surface area contributed by atoms with Crippen LogP contribution >= 0.6 is 24.0 Å². The van der Waals surface area contributed by atoms with Crippen molar-refractivity contribution in [2.75, 3.05) is 36.4 Å². The molecule has 0 aromatic carbocycles. The smallest absolute Gasteiger partial charge is 0.229 e. The van der Waals surface area contributed by atoms with Crippen LogP contribution in [0, 0.1) is 10.8 Å². The molecule has 2 aromatic rings. The summed E-state index contributed by atoms with van der Waals surface area (Å²) < 4.78 is 1.73. The number of fused-ring (bicyclic) bond motifs is 1. The zero-order valence-electron chi connectivity index (χ0n) is 14.6. The van der Waals surface area contributed by atoms with Crippen LogP contribution in [-0.2, 0) is 7.05 Å². The zero-order chi connectivity index (χ0) is 16.9. The summed E-state index contributed by atoms with van der Waals surface area (Å²) in [4.78, 5) is 11.2. The highest BCUT2D eigenvalue weighted by molar-refractivity contribution is 6.32. The summed E-state index contributed by atoms with van der Waals surface area (Å²) in [6, 6.07) is 0. The Morgan fingerprint density at radius 3 is 2.48 bits per heavy atom. The van der Waals surface area contributed by atoms with Crippen molar-refractivity contribution in [1.82, 2.24) is 25.1 Å². The van der Waals surface area contributed by atoms with Gasteiger partial charge < -0.3 is 15.5 Å². The van der Waals surface area contributed by atoms with E-state index in [4.69, 9.17) is 11.6 Å². The molecule has 136 valence electrons. The predicted octanol–water partition coefficient (Wildman–Crippen LogP) is 2.46. The molecule has 2 aliphatic rings. The van der Waals surface area contributed by atoms with Gasteiger partial charge in [0, 0.05) is 50.3 Å². The second-order valence-corrected chi connectivity index (χ2v) is 7.88. The summed E-state index contributed by atoms with van der Waals surface area (Å²) in [6.45, 7) is 8.64. The van der Waals surface area contributed by atoms with Crippen LogP contribution in [0.15, 0.2) is 18.6 Å². The molecular weight excluding hydrogens is 361 g/mol. The van der Waals surface area contributed by atoms with E-state index in [0.29, 0.717) is 11.0 Å². The molecule has 9 heteroatoms. The largest absolute Gasteiger partial charge is 0.354 e. The number of hydrogen-bond acceptors (Lipinski definition) is 6. The number of nitrogens with zero attached hydrogens (tertiary/aromatic N) is 5. The Kier molecular flexibility index (Phi) is 4.59. The molecule has 0 saturated carbocycles. The summed E-state index contributed by atoms with van der Waals surface area (Å²) in [5.74, 6) is 1.34. The van der Waals surface area contributed by atoms with Crippen LogP contribution < -0.4 is 15.5 Å². The van der Waals surface area contributed by atoms with Gasteiger partial charge in [0.15, 0.2) is 5.82 Å². The van der Waals surface area contributed by atoms with Crippen molar-refractivity contribution in [3.05, 3.63) is 23.6 Å². The second-order valence-electron chi connectivity index (χ2n) is 7.47. The maximum Gasteiger partial charge on any atom is 0.229 e. The van der Waals surface area contributed by atoms with Crippen LogP contribution in [0.25, 0.3) is 0 Å². The van der Waals surface area contributed by atoms with Crippen molar-refractivity contribution < 1.29 is 0 Å². The lowest BCUT2D eigenvalue weighted by Gasteiger charge is -2.30. The van der Waals surface area contributed by atoms with E-state index in [1.54, 1.807) is 17.1 Å². The van der Waals surface area contributed by atoms with Gasteiger partial charge in [-0.25, -0.2) is 4.98 Å².